The zero-order chi connectivity index (χ0) is 16.8. The van der Waals surface area contributed by atoms with Gasteiger partial charge in [-0.2, -0.15) is 0 Å². The van der Waals surface area contributed by atoms with E-state index in [0.717, 1.165) is 0 Å². The maximum atomic E-state index is 12.5. The summed E-state index contributed by atoms with van der Waals surface area (Å²) >= 11 is 0. The molecule has 9 heteroatoms. The Balaban J connectivity index is 2.05. The van der Waals surface area contributed by atoms with Crippen molar-refractivity contribution in [2.75, 3.05) is 33.4 Å². The lowest BCUT2D eigenvalue weighted by Gasteiger charge is -2.33. The van der Waals surface area contributed by atoms with Gasteiger partial charge in [-0.1, -0.05) is 5.16 Å². The molecule has 0 radical (unpaired) electrons. The molecule has 0 bridgehead atoms. The van der Waals surface area contributed by atoms with Crippen LogP contribution < -0.4 is 5.32 Å². The molecular weight excluding hydrogens is 306 g/mol. The Morgan fingerprint density at radius 2 is 2.26 bits per heavy atom. The Hall–Kier alpha value is -2.42. The summed E-state index contributed by atoms with van der Waals surface area (Å²) in [6.45, 7) is 2.64. The molecule has 0 spiro atoms. The fraction of sp³-hybridized carbons (Fsp3) is 0.571. The molecule has 2 heterocycles. The number of aryl methyl sites for hydroxylation is 1. The van der Waals surface area contributed by atoms with E-state index in [2.05, 4.69) is 10.5 Å². The van der Waals surface area contributed by atoms with Crippen molar-refractivity contribution in [3.05, 3.63) is 17.5 Å². The molecule has 2 rings (SSSR count). The summed E-state index contributed by atoms with van der Waals surface area (Å²) in [6.07, 6.45) is -0.228. The molecule has 1 aromatic rings. The van der Waals surface area contributed by atoms with E-state index < -0.39 is 23.8 Å². The topological polar surface area (TPSA) is 111 Å². The highest BCUT2D eigenvalue weighted by Gasteiger charge is 2.36. The van der Waals surface area contributed by atoms with Gasteiger partial charge < -0.3 is 24.2 Å². The molecule has 0 saturated carbocycles. The Labute approximate surface area is 132 Å². The fourth-order valence-electron chi connectivity index (χ4n) is 2.22. The molecule has 23 heavy (non-hydrogen) atoms. The molecule has 1 aromatic heterocycles. The van der Waals surface area contributed by atoms with Gasteiger partial charge in [-0.05, 0) is 6.92 Å². The molecular formula is C14H19N3O6. The van der Waals surface area contributed by atoms with Gasteiger partial charge in [0.1, 0.15) is 12.6 Å². The Morgan fingerprint density at radius 1 is 1.48 bits per heavy atom. The molecule has 0 aromatic carbocycles. The number of hydrogen-bond acceptors (Lipinski definition) is 7. The summed E-state index contributed by atoms with van der Waals surface area (Å²) in [5.41, 5.74) is 0.560. The van der Waals surface area contributed by atoms with E-state index in [9.17, 15) is 14.4 Å². The predicted molar refractivity (Wildman–Crippen MR) is 76.5 cm³/mol. The number of esters is 1. The largest absolute Gasteiger partial charge is 0.463 e. The van der Waals surface area contributed by atoms with Gasteiger partial charge in [0.2, 0.25) is 11.7 Å². The lowest BCUT2D eigenvalue weighted by atomic mass is 10.1. The minimum Gasteiger partial charge on any atom is -0.463 e. The average Bonchev–Trinajstić information content (AvgIpc) is 2.95. The first kappa shape index (κ1) is 16.9. The highest BCUT2D eigenvalue weighted by atomic mass is 16.6. The first-order chi connectivity index (χ1) is 11.0. The Kier molecular flexibility index (Phi) is 5.69. The summed E-state index contributed by atoms with van der Waals surface area (Å²) in [4.78, 5) is 37.6. The lowest BCUT2D eigenvalue weighted by Crippen LogP contribution is -2.57. The van der Waals surface area contributed by atoms with Crippen LogP contribution in [0.4, 0.5) is 0 Å². The van der Waals surface area contributed by atoms with Crippen molar-refractivity contribution in [2.24, 2.45) is 0 Å². The highest BCUT2D eigenvalue weighted by molar-refractivity contribution is 5.97. The number of ether oxygens (including phenoxy) is 2. The summed E-state index contributed by atoms with van der Waals surface area (Å²) < 4.78 is 14.7. The summed E-state index contributed by atoms with van der Waals surface area (Å²) in [7, 11) is 1.49. The van der Waals surface area contributed by atoms with Crippen LogP contribution in [0.25, 0.3) is 0 Å². The van der Waals surface area contributed by atoms with Crippen molar-refractivity contribution in [3.8, 4) is 0 Å². The highest BCUT2D eigenvalue weighted by Crippen LogP contribution is 2.15. The number of carbonyl (C=O) groups is 3. The van der Waals surface area contributed by atoms with Crippen LogP contribution in [0.2, 0.25) is 0 Å². The van der Waals surface area contributed by atoms with E-state index in [1.807, 2.05) is 0 Å². The van der Waals surface area contributed by atoms with Gasteiger partial charge in [0, 0.05) is 26.3 Å². The quantitative estimate of drug-likeness (QED) is 0.554. The fourth-order valence-corrected chi connectivity index (χ4v) is 2.22. The van der Waals surface area contributed by atoms with Gasteiger partial charge >= 0.3 is 5.97 Å². The second kappa shape index (κ2) is 7.73. The van der Waals surface area contributed by atoms with Crippen LogP contribution in [0.1, 0.15) is 22.7 Å². The van der Waals surface area contributed by atoms with Gasteiger partial charge in [-0.25, -0.2) is 0 Å². The maximum Gasteiger partial charge on any atom is 0.308 e. The molecule has 0 aliphatic carbocycles. The van der Waals surface area contributed by atoms with E-state index in [0.29, 0.717) is 12.2 Å². The van der Waals surface area contributed by atoms with Crippen LogP contribution in [0.5, 0.6) is 0 Å². The predicted octanol–water partition coefficient (Wildman–Crippen LogP) is -0.497. The molecule has 1 fully saturated rings. The number of nitrogens with one attached hydrogen (secondary N) is 1. The van der Waals surface area contributed by atoms with Crippen molar-refractivity contribution >= 4 is 17.8 Å². The molecule has 126 valence electrons. The first-order valence-corrected chi connectivity index (χ1v) is 7.19. The standard InChI is InChI=1S/C14H19N3O6/c1-9-7-11(23-16-9)14(20)17-4-3-15-13(19)10(17)8-12(18)22-6-5-21-2/h7,10H,3-6,8H2,1-2H3,(H,15,19). The normalized spacial score (nSPS) is 17.7. The van der Waals surface area contributed by atoms with Gasteiger partial charge in [-0.3, -0.25) is 14.4 Å². The van der Waals surface area contributed by atoms with Gasteiger partial charge in [-0.15, -0.1) is 0 Å². The van der Waals surface area contributed by atoms with Gasteiger partial charge in [0.25, 0.3) is 5.91 Å². The Morgan fingerprint density at radius 3 is 2.91 bits per heavy atom. The second-order valence-electron chi connectivity index (χ2n) is 5.06. The lowest BCUT2D eigenvalue weighted by molar-refractivity contribution is -0.148. The maximum absolute atomic E-state index is 12.5. The van der Waals surface area contributed by atoms with Crippen molar-refractivity contribution in [3.63, 3.8) is 0 Å². The van der Waals surface area contributed by atoms with Crippen LogP contribution in [-0.4, -0.2) is 67.3 Å². The minimum atomic E-state index is -0.934. The number of piperazine rings is 1. The van der Waals surface area contributed by atoms with E-state index in [-0.39, 0.29) is 31.9 Å². The van der Waals surface area contributed by atoms with Crippen LogP contribution in [-0.2, 0) is 19.1 Å². The summed E-state index contributed by atoms with van der Waals surface area (Å²) in [5, 5.41) is 6.29. The third kappa shape index (κ3) is 4.28. The number of nitrogens with zero attached hydrogens (tertiary/aromatic N) is 2. The average molecular weight is 325 g/mol. The molecule has 1 aliphatic rings. The molecule has 1 saturated heterocycles. The van der Waals surface area contributed by atoms with Crippen molar-refractivity contribution < 1.29 is 28.4 Å². The molecule has 1 aliphatic heterocycles. The van der Waals surface area contributed by atoms with Gasteiger partial charge in [0.15, 0.2) is 0 Å². The van der Waals surface area contributed by atoms with E-state index in [4.69, 9.17) is 14.0 Å². The van der Waals surface area contributed by atoms with E-state index >= 15 is 0 Å². The van der Waals surface area contributed by atoms with E-state index in [1.54, 1.807) is 6.92 Å². The van der Waals surface area contributed by atoms with Crippen molar-refractivity contribution in [1.29, 1.82) is 0 Å². The summed E-state index contributed by atoms with van der Waals surface area (Å²) in [6, 6.07) is 0.555. The van der Waals surface area contributed by atoms with Crippen molar-refractivity contribution in [1.82, 2.24) is 15.4 Å². The first-order valence-electron chi connectivity index (χ1n) is 7.19. The molecule has 2 amide bonds. The zero-order valence-corrected chi connectivity index (χ0v) is 13.0. The van der Waals surface area contributed by atoms with Crippen LogP contribution in [0, 0.1) is 6.92 Å². The number of methoxy groups -OCH3 is 1. The third-order valence-corrected chi connectivity index (χ3v) is 3.34. The monoisotopic (exact) mass is 325 g/mol. The Bertz CT molecular complexity index is 585. The van der Waals surface area contributed by atoms with Gasteiger partial charge in [0.05, 0.1) is 18.7 Å². The van der Waals surface area contributed by atoms with Crippen LogP contribution >= 0.6 is 0 Å². The summed E-state index contributed by atoms with van der Waals surface area (Å²) in [5.74, 6) is -1.41. The number of amides is 2. The molecule has 1 atom stereocenters. The second-order valence-corrected chi connectivity index (χ2v) is 5.06. The number of aromatic nitrogens is 1. The number of carbonyl (C=O) groups excluding carboxylic acids is 3. The van der Waals surface area contributed by atoms with Crippen LogP contribution in [0.3, 0.4) is 0 Å². The molecule has 1 unspecified atom stereocenters. The molecule has 1 N–H and O–H groups in total. The van der Waals surface area contributed by atoms with Crippen molar-refractivity contribution in [2.45, 2.75) is 19.4 Å². The number of hydrogen-bond donors (Lipinski definition) is 1. The number of rotatable bonds is 6. The van der Waals surface area contributed by atoms with Crippen LogP contribution in [0.15, 0.2) is 10.6 Å². The van der Waals surface area contributed by atoms with E-state index in [1.165, 1.54) is 18.1 Å². The minimum absolute atomic E-state index is 0.0370. The zero-order valence-electron chi connectivity index (χ0n) is 13.0. The third-order valence-electron chi connectivity index (χ3n) is 3.34. The molecule has 9 nitrogen and oxygen atoms in total. The SMILES string of the molecule is COCCOC(=O)CC1C(=O)NCCN1C(=O)c1cc(C)no1. The smallest absolute Gasteiger partial charge is 0.308 e.